The summed E-state index contributed by atoms with van der Waals surface area (Å²) in [5, 5.41) is 5.56. The number of rotatable bonds is 4. The maximum absolute atomic E-state index is 13.6. The van der Waals surface area contributed by atoms with Crippen LogP contribution in [0.1, 0.15) is 33.6 Å². The summed E-state index contributed by atoms with van der Waals surface area (Å²) in [6, 6.07) is 2.37. The van der Waals surface area contributed by atoms with Gasteiger partial charge in [0.2, 0.25) is 0 Å². The third-order valence-corrected chi connectivity index (χ3v) is 3.86. The fourth-order valence-electron chi connectivity index (χ4n) is 2.57. The van der Waals surface area contributed by atoms with E-state index in [2.05, 4.69) is 15.6 Å². The molecule has 2 rings (SSSR count). The highest BCUT2D eigenvalue weighted by atomic mass is 19.1. The average Bonchev–Trinajstić information content (AvgIpc) is 2.47. The molecule has 1 aliphatic carbocycles. The summed E-state index contributed by atoms with van der Waals surface area (Å²) in [6.07, 6.45) is 2.54. The predicted octanol–water partition coefficient (Wildman–Crippen LogP) is 2.67. The van der Waals surface area contributed by atoms with Crippen LogP contribution in [-0.4, -0.2) is 42.3 Å². The fraction of sp³-hybridized carbons (Fsp3) is 0.588. The maximum atomic E-state index is 13.6. The molecule has 7 nitrogen and oxygen atoms in total. The number of carbonyl (C=O) groups is 2. The summed E-state index contributed by atoms with van der Waals surface area (Å²) in [4.78, 5) is 28.7. The van der Waals surface area contributed by atoms with E-state index in [0.717, 1.165) is 17.7 Å². The quantitative estimate of drug-likeness (QED) is 0.873. The van der Waals surface area contributed by atoms with Gasteiger partial charge in [-0.15, -0.1) is 0 Å². The molecule has 0 bridgehead atoms. The van der Waals surface area contributed by atoms with Gasteiger partial charge in [-0.1, -0.05) is 0 Å². The van der Waals surface area contributed by atoms with Crippen molar-refractivity contribution < 1.29 is 18.7 Å². The molecule has 0 aromatic carbocycles. The molecule has 1 aromatic rings. The first-order valence-corrected chi connectivity index (χ1v) is 8.27. The highest BCUT2D eigenvalue weighted by molar-refractivity contribution is 5.90. The van der Waals surface area contributed by atoms with E-state index in [1.807, 2.05) is 20.8 Å². The van der Waals surface area contributed by atoms with Crippen molar-refractivity contribution in [2.24, 2.45) is 5.92 Å². The van der Waals surface area contributed by atoms with Crippen molar-refractivity contribution >= 4 is 17.9 Å². The molecule has 138 valence electrons. The summed E-state index contributed by atoms with van der Waals surface area (Å²) in [6.45, 7) is 5.90. The van der Waals surface area contributed by atoms with Gasteiger partial charge in [-0.25, -0.2) is 19.0 Å². The zero-order valence-corrected chi connectivity index (χ0v) is 15.0. The van der Waals surface area contributed by atoms with Gasteiger partial charge in [-0.05, 0) is 51.7 Å². The van der Waals surface area contributed by atoms with E-state index in [-0.39, 0.29) is 17.8 Å². The van der Waals surface area contributed by atoms with Gasteiger partial charge in [0.25, 0.3) is 0 Å². The second-order valence-electron chi connectivity index (χ2n) is 7.23. The molecular weight excluding hydrogens is 327 g/mol. The first-order valence-electron chi connectivity index (χ1n) is 8.27. The van der Waals surface area contributed by atoms with E-state index >= 15 is 0 Å². The number of hydrogen-bond donors (Lipinski definition) is 2. The van der Waals surface area contributed by atoms with Gasteiger partial charge < -0.3 is 15.4 Å². The van der Waals surface area contributed by atoms with Crippen LogP contribution in [0.2, 0.25) is 0 Å². The highest BCUT2D eigenvalue weighted by Crippen LogP contribution is 2.27. The third-order valence-electron chi connectivity index (χ3n) is 3.86. The van der Waals surface area contributed by atoms with Gasteiger partial charge in [0.15, 0.2) is 11.6 Å². The predicted molar refractivity (Wildman–Crippen MR) is 91.9 cm³/mol. The Labute approximate surface area is 146 Å². The van der Waals surface area contributed by atoms with Gasteiger partial charge in [0.1, 0.15) is 5.60 Å². The Kier molecular flexibility index (Phi) is 5.81. The van der Waals surface area contributed by atoms with Crippen molar-refractivity contribution in [3.63, 3.8) is 0 Å². The Bertz CT molecular complexity index is 627. The Balaban J connectivity index is 1.69. The molecule has 25 heavy (non-hydrogen) atoms. The second kappa shape index (κ2) is 7.67. The molecule has 1 aliphatic rings. The molecule has 1 fully saturated rings. The summed E-state index contributed by atoms with van der Waals surface area (Å²) in [5.41, 5.74) is -0.521. The monoisotopic (exact) mass is 352 g/mol. The van der Waals surface area contributed by atoms with Crippen molar-refractivity contribution in [1.29, 1.82) is 0 Å². The summed E-state index contributed by atoms with van der Waals surface area (Å²) < 4.78 is 18.8. The molecule has 3 amide bonds. The average molecular weight is 352 g/mol. The van der Waals surface area contributed by atoms with E-state index in [0.29, 0.717) is 6.54 Å². The van der Waals surface area contributed by atoms with Gasteiger partial charge in [0.05, 0.1) is 0 Å². The van der Waals surface area contributed by atoms with Gasteiger partial charge >= 0.3 is 12.1 Å². The zero-order chi connectivity index (χ0) is 18.6. The molecule has 1 aromatic heterocycles. The minimum Gasteiger partial charge on any atom is -0.444 e. The van der Waals surface area contributed by atoms with Crippen LogP contribution in [-0.2, 0) is 4.74 Å². The smallest absolute Gasteiger partial charge is 0.407 e. The van der Waals surface area contributed by atoms with Crippen LogP contribution in [0.4, 0.5) is 19.8 Å². The number of nitrogens with zero attached hydrogens (tertiary/aromatic N) is 2. The number of aromatic nitrogens is 1. The Morgan fingerprint density at radius 1 is 1.40 bits per heavy atom. The first-order chi connectivity index (χ1) is 11.7. The number of nitrogens with one attached hydrogen (secondary N) is 2. The van der Waals surface area contributed by atoms with Gasteiger partial charge in [0, 0.05) is 25.8 Å². The van der Waals surface area contributed by atoms with Crippen molar-refractivity contribution in [1.82, 2.24) is 15.6 Å². The SMILES string of the molecule is CN(C(=O)NCC1CC(NC(=O)OC(C)(C)C)C1)c1ncccc1F. The molecule has 1 heterocycles. The fourth-order valence-corrected chi connectivity index (χ4v) is 2.57. The van der Waals surface area contributed by atoms with Gasteiger partial charge in [-0.3, -0.25) is 4.90 Å². The van der Waals surface area contributed by atoms with Crippen molar-refractivity contribution in [3.05, 3.63) is 24.1 Å². The minimum absolute atomic E-state index is 0.0157. The largest absolute Gasteiger partial charge is 0.444 e. The van der Waals surface area contributed by atoms with Crippen LogP contribution in [0, 0.1) is 11.7 Å². The normalized spacial score (nSPS) is 19.6. The molecule has 0 aliphatic heterocycles. The molecule has 0 spiro atoms. The lowest BCUT2D eigenvalue weighted by molar-refractivity contribution is 0.0453. The molecule has 0 unspecified atom stereocenters. The van der Waals surface area contributed by atoms with Crippen LogP contribution >= 0.6 is 0 Å². The minimum atomic E-state index is -0.551. The standard InChI is InChI=1S/C17H25FN4O3/c1-17(2,3)25-16(24)21-12-8-11(9-12)10-20-15(23)22(4)14-13(18)6-5-7-19-14/h5-7,11-12H,8-10H2,1-4H3,(H,20,23)(H,21,24). The van der Waals surface area contributed by atoms with Gasteiger partial charge in [-0.2, -0.15) is 0 Å². The van der Waals surface area contributed by atoms with Crippen molar-refractivity contribution in [2.75, 3.05) is 18.5 Å². The van der Waals surface area contributed by atoms with E-state index in [1.54, 1.807) is 0 Å². The molecule has 0 radical (unpaired) electrons. The first kappa shape index (κ1) is 19.0. The number of carbonyl (C=O) groups excluding carboxylic acids is 2. The van der Waals surface area contributed by atoms with Crippen LogP contribution in [0.25, 0.3) is 0 Å². The number of halogens is 1. The number of ether oxygens (including phenoxy) is 1. The van der Waals surface area contributed by atoms with Crippen LogP contribution in [0.15, 0.2) is 18.3 Å². The summed E-state index contributed by atoms with van der Waals surface area (Å²) >= 11 is 0. The van der Waals surface area contributed by atoms with Crippen molar-refractivity contribution in [3.8, 4) is 0 Å². The van der Waals surface area contributed by atoms with E-state index in [9.17, 15) is 14.0 Å². The molecule has 8 heteroatoms. The topological polar surface area (TPSA) is 83.6 Å². The maximum Gasteiger partial charge on any atom is 0.407 e. The lowest BCUT2D eigenvalue weighted by atomic mass is 9.80. The third kappa shape index (κ3) is 5.58. The number of urea groups is 1. The number of hydrogen-bond acceptors (Lipinski definition) is 4. The number of alkyl carbamates (subject to hydrolysis) is 1. The lowest BCUT2D eigenvalue weighted by Crippen LogP contribution is -2.50. The molecule has 0 saturated heterocycles. The van der Waals surface area contributed by atoms with Crippen LogP contribution < -0.4 is 15.5 Å². The molecule has 0 atom stereocenters. The Morgan fingerprint density at radius 2 is 2.08 bits per heavy atom. The van der Waals surface area contributed by atoms with E-state index in [1.165, 1.54) is 25.4 Å². The molecule has 2 N–H and O–H groups in total. The number of pyridine rings is 1. The summed E-state index contributed by atoms with van der Waals surface area (Å²) in [5.74, 6) is -0.297. The zero-order valence-electron chi connectivity index (χ0n) is 15.0. The van der Waals surface area contributed by atoms with E-state index < -0.39 is 23.5 Å². The van der Waals surface area contributed by atoms with Crippen molar-refractivity contribution in [2.45, 2.75) is 45.3 Å². The lowest BCUT2D eigenvalue weighted by Gasteiger charge is -2.36. The van der Waals surface area contributed by atoms with Crippen LogP contribution in [0.5, 0.6) is 0 Å². The summed E-state index contributed by atoms with van der Waals surface area (Å²) in [7, 11) is 1.47. The number of anilines is 1. The number of amides is 3. The highest BCUT2D eigenvalue weighted by Gasteiger charge is 2.32. The Morgan fingerprint density at radius 3 is 2.68 bits per heavy atom. The Hall–Kier alpha value is -2.38. The second-order valence-corrected chi connectivity index (χ2v) is 7.23. The molecule has 1 saturated carbocycles. The van der Waals surface area contributed by atoms with E-state index in [4.69, 9.17) is 4.74 Å². The van der Waals surface area contributed by atoms with Crippen LogP contribution in [0.3, 0.4) is 0 Å². The molecular formula is C17H25FN4O3.